The molecule has 1 aliphatic rings. The number of benzene rings is 1. The van der Waals surface area contributed by atoms with E-state index in [-0.39, 0.29) is 24.3 Å². The molecule has 1 fully saturated rings. The quantitative estimate of drug-likeness (QED) is 0.507. The van der Waals surface area contributed by atoms with Gasteiger partial charge in [-0.05, 0) is 49.3 Å². The summed E-state index contributed by atoms with van der Waals surface area (Å²) in [5.74, 6) is -1.13. The molecule has 0 radical (unpaired) electrons. The summed E-state index contributed by atoms with van der Waals surface area (Å²) < 4.78 is 21.7. The third-order valence-corrected chi connectivity index (χ3v) is 5.04. The van der Waals surface area contributed by atoms with Gasteiger partial charge in [-0.25, -0.2) is 4.39 Å². The molecule has 12 heteroatoms. The summed E-state index contributed by atoms with van der Waals surface area (Å²) in [7, 11) is 0. The van der Waals surface area contributed by atoms with Gasteiger partial charge in [0.1, 0.15) is 18.4 Å². The van der Waals surface area contributed by atoms with Crippen LogP contribution in [0.15, 0.2) is 24.4 Å². The highest BCUT2D eigenvalue weighted by molar-refractivity contribution is 5.68. The fourth-order valence-corrected chi connectivity index (χ4v) is 3.15. The number of carboxylic acids is 1. The van der Waals surface area contributed by atoms with E-state index < -0.39 is 11.8 Å². The largest absolute Gasteiger partial charge is 0.486 e. The van der Waals surface area contributed by atoms with Gasteiger partial charge in [0, 0.05) is 11.1 Å². The first kappa shape index (κ1) is 23.8. The summed E-state index contributed by atoms with van der Waals surface area (Å²) in [6.07, 6.45) is 3.46. The van der Waals surface area contributed by atoms with Crippen LogP contribution in [-0.4, -0.2) is 54.6 Å². The van der Waals surface area contributed by atoms with Crippen molar-refractivity contribution in [2.24, 2.45) is 5.92 Å². The number of piperidine rings is 1. The maximum atomic E-state index is 14.3. The molecule has 11 nitrogen and oxygen atoms in total. The van der Waals surface area contributed by atoms with Crippen LogP contribution in [0.4, 0.5) is 4.39 Å². The Morgan fingerprint density at radius 1 is 1.39 bits per heavy atom. The highest BCUT2D eigenvalue weighted by Gasteiger charge is 2.21. The Bertz CT molecular complexity index is 1100. The van der Waals surface area contributed by atoms with Crippen molar-refractivity contribution in [2.45, 2.75) is 39.3 Å². The second kappa shape index (κ2) is 11.1. The molecule has 1 aliphatic heterocycles. The van der Waals surface area contributed by atoms with Crippen LogP contribution in [0.25, 0.3) is 11.4 Å². The van der Waals surface area contributed by atoms with Gasteiger partial charge in [0.2, 0.25) is 5.82 Å². The van der Waals surface area contributed by atoms with E-state index in [1.54, 1.807) is 30.8 Å². The molecular weight excluding hydrogens is 431 g/mol. The number of rotatable bonds is 6. The van der Waals surface area contributed by atoms with E-state index in [0.29, 0.717) is 22.6 Å². The number of carboxylic acid groups (broad SMARTS) is 1. The van der Waals surface area contributed by atoms with Crippen LogP contribution < -0.4 is 10.1 Å². The van der Waals surface area contributed by atoms with E-state index >= 15 is 0 Å². The molecule has 0 aliphatic carbocycles. The zero-order chi connectivity index (χ0) is 23.8. The van der Waals surface area contributed by atoms with Crippen molar-refractivity contribution in [1.82, 2.24) is 35.7 Å². The average Bonchev–Trinajstić information content (AvgIpc) is 3.49. The Labute approximate surface area is 189 Å². The van der Waals surface area contributed by atoms with E-state index in [1.165, 1.54) is 12.1 Å². The highest BCUT2D eigenvalue weighted by atomic mass is 19.1. The molecule has 3 aromatic rings. The van der Waals surface area contributed by atoms with Crippen molar-refractivity contribution >= 4 is 5.97 Å². The van der Waals surface area contributed by atoms with Crippen molar-refractivity contribution in [2.75, 3.05) is 13.1 Å². The fourth-order valence-electron chi connectivity index (χ4n) is 3.15. The minimum atomic E-state index is -0.741. The van der Waals surface area contributed by atoms with Gasteiger partial charge in [-0.3, -0.25) is 9.48 Å². The number of nitriles is 1. The van der Waals surface area contributed by atoms with Crippen LogP contribution in [0, 0.1) is 23.1 Å². The lowest BCUT2D eigenvalue weighted by Gasteiger charge is -2.23. The third-order valence-electron chi connectivity index (χ3n) is 5.04. The number of aromatic nitrogens is 6. The zero-order valence-corrected chi connectivity index (χ0v) is 18.3. The predicted molar refractivity (Wildman–Crippen MR) is 114 cm³/mol. The van der Waals surface area contributed by atoms with E-state index in [4.69, 9.17) is 9.84 Å². The van der Waals surface area contributed by atoms with Crippen molar-refractivity contribution in [3.8, 4) is 23.2 Å². The lowest BCUT2D eigenvalue weighted by atomic mass is 10.1. The Morgan fingerprint density at radius 3 is 2.70 bits per heavy atom. The number of aromatic amines is 1. The van der Waals surface area contributed by atoms with Gasteiger partial charge >= 0.3 is 5.97 Å². The van der Waals surface area contributed by atoms with Crippen LogP contribution in [0.2, 0.25) is 0 Å². The van der Waals surface area contributed by atoms with E-state index in [1.807, 2.05) is 0 Å². The van der Waals surface area contributed by atoms with Crippen molar-refractivity contribution in [1.29, 1.82) is 5.26 Å². The molecule has 4 rings (SSSR count). The van der Waals surface area contributed by atoms with Gasteiger partial charge in [-0.2, -0.15) is 15.6 Å². The number of hydrogen-bond donors (Lipinski definition) is 3. The van der Waals surface area contributed by atoms with Crippen LogP contribution in [0.5, 0.6) is 5.75 Å². The Morgan fingerprint density at radius 2 is 2.12 bits per heavy atom. The number of carbonyl (C=O) groups is 1. The van der Waals surface area contributed by atoms with Crippen LogP contribution >= 0.6 is 0 Å². The Hall–Kier alpha value is -3.85. The number of ether oxygens (including phenoxy) is 1. The summed E-state index contributed by atoms with van der Waals surface area (Å²) in [4.78, 5) is 9.70. The van der Waals surface area contributed by atoms with Crippen molar-refractivity contribution in [3.05, 3.63) is 41.5 Å². The molecule has 0 atom stereocenters. The second-order valence-electron chi connectivity index (χ2n) is 7.72. The molecule has 0 amide bonds. The summed E-state index contributed by atoms with van der Waals surface area (Å²) in [5.41, 5.74) is 1.59. The van der Waals surface area contributed by atoms with Gasteiger partial charge < -0.3 is 15.2 Å². The van der Waals surface area contributed by atoms with Crippen LogP contribution in [0.1, 0.15) is 44.0 Å². The first-order chi connectivity index (χ1) is 15.9. The molecule has 0 unspecified atom stereocenters. The van der Waals surface area contributed by atoms with Gasteiger partial charge in [0.25, 0.3) is 0 Å². The lowest BCUT2D eigenvalue weighted by molar-refractivity contribution is -0.140. The Balaban J connectivity index is 0.000000454. The number of nitrogens with one attached hydrogen (secondary N) is 2. The third kappa shape index (κ3) is 6.11. The molecule has 174 valence electrons. The summed E-state index contributed by atoms with van der Waals surface area (Å²) >= 11 is 0. The van der Waals surface area contributed by atoms with Crippen LogP contribution in [0.3, 0.4) is 0 Å². The topological polar surface area (TPSA) is 155 Å². The molecule has 0 saturated carbocycles. The molecule has 0 bridgehead atoms. The summed E-state index contributed by atoms with van der Waals surface area (Å²) in [5, 5.41) is 38.6. The molecular formula is C21H25FN8O3. The number of halogens is 1. The molecule has 3 N–H and O–H groups in total. The molecule has 2 aromatic heterocycles. The number of tetrazole rings is 1. The molecule has 33 heavy (non-hydrogen) atoms. The second-order valence-corrected chi connectivity index (χ2v) is 7.72. The molecule has 1 saturated heterocycles. The van der Waals surface area contributed by atoms with Gasteiger partial charge in [0.05, 0.1) is 18.2 Å². The van der Waals surface area contributed by atoms with E-state index in [2.05, 4.69) is 37.1 Å². The van der Waals surface area contributed by atoms with Crippen molar-refractivity contribution < 1.29 is 19.0 Å². The summed E-state index contributed by atoms with van der Waals surface area (Å²) in [6, 6.07) is 6.83. The molecule has 0 spiro atoms. The Kier molecular flexibility index (Phi) is 8.04. The smallest absolute Gasteiger partial charge is 0.305 e. The first-order valence-corrected chi connectivity index (χ1v) is 10.5. The van der Waals surface area contributed by atoms with E-state index in [9.17, 15) is 14.4 Å². The number of aliphatic carboxylic acids is 1. The predicted octanol–water partition coefficient (Wildman–Crippen LogP) is 2.30. The standard InChI is InChI=1S/C17H17FN8O.C4H8O2/c18-14-7-11(17-22-24-25-23-17)1-2-16(14)27-10-12-9-21-26(15(12)8-19)13-3-5-20-6-4-13;1-3(2)4(5)6/h1-2,7,9,13,20H,3-6,10H2,(H,22,23,24,25);3H,1-2H3,(H,5,6). The monoisotopic (exact) mass is 456 g/mol. The lowest BCUT2D eigenvalue weighted by Crippen LogP contribution is -2.30. The van der Waals surface area contributed by atoms with Crippen molar-refractivity contribution in [3.63, 3.8) is 0 Å². The normalized spacial score (nSPS) is 13.8. The zero-order valence-electron chi connectivity index (χ0n) is 18.3. The number of hydrogen-bond acceptors (Lipinski definition) is 8. The maximum Gasteiger partial charge on any atom is 0.305 e. The van der Waals surface area contributed by atoms with Gasteiger partial charge in [0.15, 0.2) is 11.6 Å². The molecule has 1 aromatic carbocycles. The minimum absolute atomic E-state index is 0.0618. The molecule has 3 heterocycles. The van der Waals surface area contributed by atoms with Gasteiger partial charge in [-0.1, -0.05) is 13.8 Å². The van der Waals surface area contributed by atoms with E-state index in [0.717, 1.165) is 25.9 Å². The average molecular weight is 456 g/mol. The first-order valence-electron chi connectivity index (χ1n) is 10.5. The number of nitrogens with zero attached hydrogens (tertiary/aromatic N) is 6. The maximum absolute atomic E-state index is 14.3. The highest BCUT2D eigenvalue weighted by Crippen LogP contribution is 2.25. The number of H-pyrrole nitrogens is 1. The summed E-state index contributed by atoms with van der Waals surface area (Å²) in [6.45, 7) is 5.15. The fraction of sp³-hybridized carbons (Fsp3) is 0.429. The van der Waals surface area contributed by atoms with Gasteiger partial charge in [-0.15, -0.1) is 10.2 Å². The minimum Gasteiger partial charge on any atom is -0.486 e. The SMILES string of the molecule is CC(C)C(=O)O.N#Cc1c(COc2ccc(-c3nn[nH]n3)cc2F)cnn1C1CCNCC1. The van der Waals surface area contributed by atoms with Crippen LogP contribution in [-0.2, 0) is 11.4 Å².